The SMILES string of the molecule is CC1CN(CCS(C)(=O)=O)CCC(O[C@@H]2[C@H](C)O[C@@H](O[C@@H]3[C@H](C)O[C@@H](O[C@H]4CC[C@@]5(C)C(CCC6C5C[C@H](O)[C@]5(C)[C@@H](C7=CC(=O)OC7)CC[C@]65O)C4)C[C@@H]3O)C[C@@H]2O)O1. The zero-order valence-electron chi connectivity index (χ0n) is 36.4. The topological polar surface area (TPSA) is 200 Å². The van der Waals surface area contributed by atoms with Gasteiger partial charge in [-0.2, -0.15) is 0 Å². The summed E-state index contributed by atoms with van der Waals surface area (Å²) in [5.74, 6) is 0.281. The molecule has 3 saturated heterocycles. The molecule has 60 heavy (non-hydrogen) atoms. The Kier molecular flexibility index (Phi) is 13.0. The third-order valence-electron chi connectivity index (χ3n) is 16.6. The summed E-state index contributed by atoms with van der Waals surface area (Å²) in [4.78, 5) is 14.0. The number of aliphatic hydroxyl groups is 4. The molecule has 0 aromatic rings. The zero-order chi connectivity index (χ0) is 42.9. The third-order valence-corrected chi connectivity index (χ3v) is 17.6. The van der Waals surface area contributed by atoms with Crippen molar-refractivity contribution < 1.29 is 66.8 Å². The van der Waals surface area contributed by atoms with Gasteiger partial charge in [-0.1, -0.05) is 13.8 Å². The summed E-state index contributed by atoms with van der Waals surface area (Å²) < 4.78 is 66.5. The molecule has 8 rings (SSSR count). The standard InChI is InChI=1S/C44H71NO14S/c1-24-22-45(15-16-60(6,51)52)14-11-37(54-24)58-40-25(2)56-39(21-34(40)47)59-41-26(3)55-38(20-33(41)46)57-29-9-12-42(4)28(18-29)7-8-31-32(42)19-35(48)43(5)30(10-13-44(31,43)50)27-17-36(49)53-23-27/h17,24-26,28-35,37-41,46-48,50H,7-16,18-23H2,1-6H3/t24?,25-,26-,28?,29-,30+,31?,32?,33-,34-,35-,37?,38-,39-,40+,41+,42-,43-,44-/m0/s1. The first kappa shape index (κ1) is 45.3. The first-order valence-electron chi connectivity index (χ1n) is 22.7. The summed E-state index contributed by atoms with van der Waals surface area (Å²) in [6.07, 6.45) is 3.08. The van der Waals surface area contributed by atoms with Crippen LogP contribution in [-0.2, 0) is 47.8 Å². The molecule has 0 aromatic carbocycles. The molecule has 0 radical (unpaired) electrons. The number of carbonyl (C=O) groups excluding carboxylic acids is 1. The number of cyclic esters (lactones) is 1. The van der Waals surface area contributed by atoms with Gasteiger partial charge in [-0.05, 0) is 107 Å². The van der Waals surface area contributed by atoms with Crippen molar-refractivity contribution in [1.29, 1.82) is 0 Å². The molecule has 4 saturated carbocycles. The predicted octanol–water partition coefficient (Wildman–Crippen LogP) is 2.84. The van der Waals surface area contributed by atoms with Crippen molar-refractivity contribution in [2.75, 3.05) is 38.2 Å². The molecular formula is C44H71NO14S. The molecule has 0 bridgehead atoms. The summed E-state index contributed by atoms with van der Waals surface area (Å²) in [7, 11) is -3.08. The number of carbonyl (C=O) groups is 1. The Balaban J connectivity index is 0.813. The van der Waals surface area contributed by atoms with Gasteiger partial charge in [0, 0.05) is 56.6 Å². The number of hydrogen-bond acceptors (Lipinski definition) is 15. The van der Waals surface area contributed by atoms with E-state index >= 15 is 0 Å². The van der Waals surface area contributed by atoms with Crippen LogP contribution in [0.4, 0.5) is 0 Å². The molecule has 15 nitrogen and oxygen atoms in total. The Hall–Kier alpha value is -1.28. The van der Waals surface area contributed by atoms with Gasteiger partial charge in [0.15, 0.2) is 18.9 Å². The first-order valence-corrected chi connectivity index (χ1v) is 24.8. The number of esters is 1. The number of rotatable bonds is 10. The van der Waals surface area contributed by atoms with E-state index in [1.807, 2.05) is 27.7 Å². The molecule has 4 aliphatic carbocycles. The van der Waals surface area contributed by atoms with Crippen LogP contribution in [0.1, 0.15) is 105 Å². The van der Waals surface area contributed by atoms with Crippen molar-refractivity contribution in [2.24, 2.45) is 34.5 Å². The minimum atomic E-state index is -3.08. The summed E-state index contributed by atoms with van der Waals surface area (Å²) in [5, 5.41) is 47.1. The second-order valence-electron chi connectivity index (χ2n) is 20.3. The molecule has 5 unspecified atom stereocenters. The second-order valence-corrected chi connectivity index (χ2v) is 22.6. The van der Waals surface area contributed by atoms with Crippen molar-refractivity contribution in [3.8, 4) is 0 Å². The highest BCUT2D eigenvalue weighted by atomic mass is 32.2. The van der Waals surface area contributed by atoms with Gasteiger partial charge in [-0.15, -0.1) is 0 Å². The van der Waals surface area contributed by atoms with E-state index in [1.165, 1.54) is 6.26 Å². The molecule has 0 amide bonds. The van der Waals surface area contributed by atoms with E-state index in [1.54, 1.807) is 6.08 Å². The fraction of sp³-hybridized carbons (Fsp3) is 0.932. The average Bonchev–Trinajstić information content (AvgIpc) is 3.65. The van der Waals surface area contributed by atoms with Crippen LogP contribution in [0.3, 0.4) is 0 Å². The number of fused-ring (bicyclic) bond motifs is 5. The van der Waals surface area contributed by atoms with Gasteiger partial charge in [0.2, 0.25) is 0 Å². The van der Waals surface area contributed by atoms with Crippen LogP contribution in [0, 0.1) is 34.5 Å². The van der Waals surface area contributed by atoms with Gasteiger partial charge in [-0.25, -0.2) is 13.2 Å². The molecule has 19 atom stereocenters. The minimum absolute atomic E-state index is 0.0448. The molecule has 342 valence electrons. The van der Waals surface area contributed by atoms with E-state index in [-0.39, 0.29) is 66.5 Å². The quantitative estimate of drug-likeness (QED) is 0.185. The van der Waals surface area contributed by atoms with Gasteiger partial charge in [0.05, 0.1) is 54.1 Å². The Labute approximate surface area is 355 Å². The average molecular weight is 870 g/mol. The van der Waals surface area contributed by atoms with Crippen molar-refractivity contribution in [2.45, 2.75) is 185 Å². The Morgan fingerprint density at radius 1 is 0.817 bits per heavy atom. The molecule has 8 aliphatic rings. The molecule has 7 fully saturated rings. The van der Waals surface area contributed by atoms with Crippen molar-refractivity contribution in [1.82, 2.24) is 4.90 Å². The van der Waals surface area contributed by atoms with E-state index in [2.05, 4.69) is 11.8 Å². The van der Waals surface area contributed by atoms with Crippen LogP contribution in [0.25, 0.3) is 0 Å². The Morgan fingerprint density at radius 3 is 2.12 bits per heavy atom. The van der Waals surface area contributed by atoms with Crippen molar-refractivity contribution >= 4 is 15.8 Å². The van der Waals surface area contributed by atoms with E-state index in [4.69, 9.17) is 33.2 Å². The first-order chi connectivity index (χ1) is 28.3. The lowest BCUT2D eigenvalue weighted by Gasteiger charge is -2.65. The smallest absolute Gasteiger partial charge is 0.331 e. The molecule has 0 aromatic heterocycles. The van der Waals surface area contributed by atoms with Crippen LogP contribution in [0.5, 0.6) is 0 Å². The fourth-order valence-corrected chi connectivity index (χ4v) is 14.0. The van der Waals surface area contributed by atoms with E-state index in [9.17, 15) is 33.6 Å². The highest BCUT2D eigenvalue weighted by Gasteiger charge is 2.71. The second kappa shape index (κ2) is 17.3. The number of ether oxygens (including phenoxy) is 7. The summed E-state index contributed by atoms with van der Waals surface area (Å²) in [6, 6.07) is 0. The summed E-state index contributed by atoms with van der Waals surface area (Å²) in [6.45, 7) is 11.9. The number of nitrogens with zero attached hydrogens (tertiary/aromatic N) is 1. The molecular weight excluding hydrogens is 799 g/mol. The molecule has 0 spiro atoms. The highest BCUT2D eigenvalue weighted by molar-refractivity contribution is 7.90. The highest BCUT2D eigenvalue weighted by Crippen LogP contribution is 2.70. The lowest BCUT2D eigenvalue weighted by Crippen LogP contribution is -2.67. The summed E-state index contributed by atoms with van der Waals surface area (Å²) in [5.41, 5.74) is -0.897. The number of aliphatic hydroxyl groups excluding tert-OH is 3. The van der Waals surface area contributed by atoms with E-state index in [0.717, 1.165) is 44.1 Å². The van der Waals surface area contributed by atoms with Gasteiger partial charge >= 0.3 is 5.97 Å². The van der Waals surface area contributed by atoms with Crippen LogP contribution in [0.2, 0.25) is 0 Å². The Bertz CT molecular complexity index is 1680. The predicted molar refractivity (Wildman–Crippen MR) is 217 cm³/mol. The van der Waals surface area contributed by atoms with E-state index < -0.39 is 82.5 Å². The number of sulfone groups is 1. The van der Waals surface area contributed by atoms with Gasteiger partial charge in [-0.3, -0.25) is 4.90 Å². The normalized spacial score (nSPS) is 50.2. The molecule has 4 N–H and O–H groups in total. The largest absolute Gasteiger partial charge is 0.458 e. The van der Waals surface area contributed by atoms with E-state index in [0.29, 0.717) is 44.8 Å². The summed E-state index contributed by atoms with van der Waals surface area (Å²) >= 11 is 0. The van der Waals surface area contributed by atoms with Crippen LogP contribution in [-0.4, -0.2) is 157 Å². The zero-order valence-corrected chi connectivity index (χ0v) is 37.2. The lowest BCUT2D eigenvalue weighted by molar-refractivity contribution is -0.329. The van der Waals surface area contributed by atoms with Crippen LogP contribution in [0.15, 0.2) is 11.6 Å². The maximum absolute atomic E-state index is 12.6. The van der Waals surface area contributed by atoms with Gasteiger partial charge in [0.25, 0.3) is 0 Å². The third kappa shape index (κ3) is 8.65. The lowest BCUT2D eigenvalue weighted by atomic mass is 9.42. The minimum Gasteiger partial charge on any atom is -0.458 e. The molecule has 4 heterocycles. The number of hydrogen-bond donors (Lipinski definition) is 4. The van der Waals surface area contributed by atoms with Crippen molar-refractivity contribution in [3.05, 3.63) is 11.6 Å². The van der Waals surface area contributed by atoms with Crippen molar-refractivity contribution in [3.63, 3.8) is 0 Å². The maximum atomic E-state index is 12.6. The van der Waals surface area contributed by atoms with Crippen LogP contribution < -0.4 is 0 Å². The molecule has 4 aliphatic heterocycles. The van der Waals surface area contributed by atoms with Crippen LogP contribution >= 0.6 is 0 Å². The Morgan fingerprint density at radius 2 is 1.48 bits per heavy atom. The maximum Gasteiger partial charge on any atom is 0.331 e. The molecule has 16 heteroatoms. The fourth-order valence-electron chi connectivity index (χ4n) is 13.4. The van der Waals surface area contributed by atoms with Gasteiger partial charge < -0.3 is 53.6 Å². The monoisotopic (exact) mass is 869 g/mol. The van der Waals surface area contributed by atoms with Gasteiger partial charge in [0.1, 0.15) is 28.7 Å².